The zero-order valence-electron chi connectivity index (χ0n) is 9.41. The van der Waals surface area contributed by atoms with E-state index in [0.29, 0.717) is 12.5 Å². The lowest BCUT2D eigenvalue weighted by Gasteiger charge is -2.13. The highest BCUT2D eigenvalue weighted by molar-refractivity contribution is 5.85. The number of ether oxygens (including phenoxy) is 1. The van der Waals surface area contributed by atoms with Crippen LogP contribution in [0.25, 0.3) is 0 Å². The van der Waals surface area contributed by atoms with Crippen LogP contribution in [0.3, 0.4) is 0 Å². The van der Waals surface area contributed by atoms with E-state index >= 15 is 0 Å². The Morgan fingerprint density at radius 2 is 2.40 bits per heavy atom. The van der Waals surface area contributed by atoms with Gasteiger partial charge in [-0.25, -0.2) is 0 Å². The maximum absolute atomic E-state index is 11.5. The average molecular weight is 237 g/mol. The van der Waals surface area contributed by atoms with Crippen LogP contribution >= 0.6 is 12.4 Å². The molecule has 0 radical (unpaired) electrons. The summed E-state index contributed by atoms with van der Waals surface area (Å²) in [6.45, 7) is 5.27. The highest BCUT2D eigenvalue weighted by Gasteiger charge is 2.17. The second-order valence-electron chi connectivity index (χ2n) is 3.96. The Labute approximate surface area is 97.5 Å². The predicted molar refractivity (Wildman–Crippen MR) is 62.3 cm³/mol. The number of hydrogen-bond donors (Lipinski definition) is 2. The molecule has 1 saturated heterocycles. The van der Waals surface area contributed by atoms with Crippen molar-refractivity contribution in [1.29, 1.82) is 0 Å². The second-order valence-corrected chi connectivity index (χ2v) is 3.96. The quantitative estimate of drug-likeness (QED) is 0.728. The minimum absolute atomic E-state index is 0. The molecule has 0 aromatic carbocycles. The van der Waals surface area contributed by atoms with Crippen molar-refractivity contribution in [2.75, 3.05) is 33.4 Å². The largest absolute Gasteiger partial charge is 0.384 e. The lowest BCUT2D eigenvalue weighted by molar-refractivity contribution is -0.126. The Kier molecular flexibility index (Phi) is 7.74. The molecule has 1 aliphatic heterocycles. The molecule has 0 spiro atoms. The van der Waals surface area contributed by atoms with Gasteiger partial charge in [0.15, 0.2) is 0 Å². The number of methoxy groups -OCH3 is 1. The van der Waals surface area contributed by atoms with Gasteiger partial charge in [-0.15, -0.1) is 12.4 Å². The Morgan fingerprint density at radius 1 is 1.67 bits per heavy atom. The molecule has 0 bridgehead atoms. The third-order valence-electron chi connectivity index (χ3n) is 2.59. The van der Waals surface area contributed by atoms with Crippen LogP contribution in [0.4, 0.5) is 0 Å². The molecule has 1 amide bonds. The van der Waals surface area contributed by atoms with Crippen molar-refractivity contribution in [2.45, 2.75) is 13.3 Å². The van der Waals surface area contributed by atoms with Gasteiger partial charge in [-0.05, 0) is 25.4 Å². The SMILES string of the molecule is COCC(C)C(=O)NCC1CCNC1.Cl. The normalized spacial score (nSPS) is 21.9. The fourth-order valence-corrected chi connectivity index (χ4v) is 1.63. The van der Waals surface area contributed by atoms with Crippen LogP contribution in [0.5, 0.6) is 0 Å². The molecule has 1 heterocycles. The minimum atomic E-state index is -0.0469. The first-order valence-corrected chi connectivity index (χ1v) is 5.21. The van der Waals surface area contributed by atoms with Crippen molar-refractivity contribution in [3.05, 3.63) is 0 Å². The topological polar surface area (TPSA) is 50.4 Å². The summed E-state index contributed by atoms with van der Waals surface area (Å²) >= 11 is 0. The fraction of sp³-hybridized carbons (Fsp3) is 0.900. The molecular formula is C10H21ClN2O2. The van der Waals surface area contributed by atoms with Gasteiger partial charge in [0.25, 0.3) is 0 Å². The van der Waals surface area contributed by atoms with Gasteiger partial charge in [0.1, 0.15) is 0 Å². The fourth-order valence-electron chi connectivity index (χ4n) is 1.63. The molecule has 2 atom stereocenters. The first-order chi connectivity index (χ1) is 6.74. The molecular weight excluding hydrogens is 216 g/mol. The molecule has 4 nitrogen and oxygen atoms in total. The van der Waals surface area contributed by atoms with E-state index in [4.69, 9.17) is 4.74 Å². The van der Waals surface area contributed by atoms with Crippen LogP contribution in [0.1, 0.15) is 13.3 Å². The average Bonchev–Trinajstić information content (AvgIpc) is 2.67. The lowest BCUT2D eigenvalue weighted by Crippen LogP contribution is -2.35. The van der Waals surface area contributed by atoms with Gasteiger partial charge in [0.2, 0.25) is 5.91 Å². The molecule has 15 heavy (non-hydrogen) atoms. The predicted octanol–water partition coefficient (Wildman–Crippen LogP) is 0.416. The smallest absolute Gasteiger partial charge is 0.225 e. The Morgan fingerprint density at radius 3 is 2.93 bits per heavy atom. The summed E-state index contributed by atoms with van der Waals surface area (Å²) in [5, 5.41) is 6.22. The van der Waals surface area contributed by atoms with E-state index in [1.54, 1.807) is 7.11 Å². The third-order valence-corrected chi connectivity index (χ3v) is 2.59. The van der Waals surface area contributed by atoms with Crippen LogP contribution in [0, 0.1) is 11.8 Å². The summed E-state index contributed by atoms with van der Waals surface area (Å²) in [7, 11) is 1.62. The van der Waals surface area contributed by atoms with Gasteiger partial charge in [0.05, 0.1) is 12.5 Å². The van der Waals surface area contributed by atoms with E-state index in [0.717, 1.165) is 19.6 Å². The summed E-state index contributed by atoms with van der Waals surface area (Å²) in [6, 6.07) is 0. The van der Waals surface area contributed by atoms with Gasteiger partial charge in [0, 0.05) is 13.7 Å². The first-order valence-electron chi connectivity index (χ1n) is 5.21. The van der Waals surface area contributed by atoms with E-state index in [9.17, 15) is 4.79 Å². The standard InChI is InChI=1S/C10H20N2O2.ClH/c1-8(7-14-2)10(13)12-6-9-3-4-11-5-9;/h8-9,11H,3-7H2,1-2H3,(H,12,13);1H. The summed E-state index contributed by atoms with van der Waals surface area (Å²) in [6.07, 6.45) is 1.17. The number of rotatable bonds is 5. The maximum Gasteiger partial charge on any atom is 0.225 e. The molecule has 90 valence electrons. The van der Waals surface area contributed by atoms with Crippen molar-refractivity contribution in [1.82, 2.24) is 10.6 Å². The minimum Gasteiger partial charge on any atom is -0.384 e. The zero-order chi connectivity index (χ0) is 10.4. The number of nitrogens with one attached hydrogen (secondary N) is 2. The monoisotopic (exact) mass is 236 g/mol. The van der Waals surface area contributed by atoms with Gasteiger partial charge >= 0.3 is 0 Å². The molecule has 1 fully saturated rings. The second kappa shape index (κ2) is 7.91. The summed E-state index contributed by atoms with van der Waals surface area (Å²) < 4.78 is 4.92. The Hall–Kier alpha value is -0.320. The lowest BCUT2D eigenvalue weighted by atomic mass is 10.1. The molecule has 1 rings (SSSR count). The van der Waals surface area contributed by atoms with E-state index in [-0.39, 0.29) is 24.2 Å². The molecule has 0 saturated carbocycles. The van der Waals surface area contributed by atoms with E-state index in [1.807, 2.05) is 6.92 Å². The molecule has 0 aromatic heterocycles. The van der Waals surface area contributed by atoms with Crippen LogP contribution in [-0.4, -0.2) is 39.3 Å². The van der Waals surface area contributed by atoms with Gasteiger partial charge in [-0.2, -0.15) is 0 Å². The Bertz CT molecular complexity index is 184. The number of halogens is 1. The maximum atomic E-state index is 11.5. The van der Waals surface area contributed by atoms with Crippen molar-refractivity contribution in [3.8, 4) is 0 Å². The number of carbonyl (C=O) groups excluding carboxylic acids is 1. The van der Waals surface area contributed by atoms with E-state index in [1.165, 1.54) is 6.42 Å². The summed E-state index contributed by atoms with van der Waals surface area (Å²) in [5.74, 6) is 0.654. The van der Waals surface area contributed by atoms with Gasteiger partial charge < -0.3 is 15.4 Å². The van der Waals surface area contributed by atoms with Crippen molar-refractivity contribution in [3.63, 3.8) is 0 Å². The first kappa shape index (κ1) is 14.7. The van der Waals surface area contributed by atoms with E-state index < -0.39 is 0 Å². The van der Waals surface area contributed by atoms with Crippen LogP contribution in [0.2, 0.25) is 0 Å². The van der Waals surface area contributed by atoms with Crippen molar-refractivity contribution in [2.24, 2.45) is 11.8 Å². The highest BCUT2D eigenvalue weighted by Crippen LogP contribution is 2.05. The molecule has 5 heteroatoms. The third kappa shape index (κ3) is 5.35. The zero-order valence-corrected chi connectivity index (χ0v) is 10.2. The molecule has 2 N–H and O–H groups in total. The van der Waals surface area contributed by atoms with Crippen LogP contribution in [-0.2, 0) is 9.53 Å². The molecule has 0 aliphatic carbocycles. The number of hydrogen-bond acceptors (Lipinski definition) is 3. The summed E-state index contributed by atoms with van der Waals surface area (Å²) in [5.41, 5.74) is 0. The summed E-state index contributed by atoms with van der Waals surface area (Å²) in [4.78, 5) is 11.5. The van der Waals surface area contributed by atoms with Crippen LogP contribution < -0.4 is 10.6 Å². The van der Waals surface area contributed by atoms with Crippen molar-refractivity contribution < 1.29 is 9.53 Å². The van der Waals surface area contributed by atoms with Gasteiger partial charge in [-0.3, -0.25) is 4.79 Å². The molecule has 1 aliphatic rings. The number of carbonyl (C=O) groups is 1. The molecule has 2 unspecified atom stereocenters. The Balaban J connectivity index is 0.00000196. The van der Waals surface area contributed by atoms with E-state index in [2.05, 4.69) is 10.6 Å². The van der Waals surface area contributed by atoms with Gasteiger partial charge in [-0.1, -0.05) is 6.92 Å². The highest BCUT2D eigenvalue weighted by atomic mass is 35.5. The number of amides is 1. The van der Waals surface area contributed by atoms with Crippen molar-refractivity contribution >= 4 is 18.3 Å². The van der Waals surface area contributed by atoms with Crippen LogP contribution in [0.15, 0.2) is 0 Å². The molecule has 0 aromatic rings.